The van der Waals surface area contributed by atoms with Crippen LogP contribution in [-0.4, -0.2) is 47.8 Å². The van der Waals surface area contributed by atoms with Crippen molar-refractivity contribution in [1.29, 1.82) is 0 Å². The molecule has 1 aliphatic heterocycles. The maximum absolute atomic E-state index is 14.0. The van der Waals surface area contributed by atoms with Gasteiger partial charge in [0.15, 0.2) is 0 Å². The Balaban J connectivity index is 1.45. The Labute approximate surface area is 172 Å². The van der Waals surface area contributed by atoms with Crippen LogP contribution < -0.4 is 0 Å². The van der Waals surface area contributed by atoms with Crippen LogP contribution in [0.5, 0.6) is 0 Å². The van der Waals surface area contributed by atoms with Gasteiger partial charge in [-0.3, -0.25) is 9.59 Å². The van der Waals surface area contributed by atoms with Crippen LogP contribution in [0.1, 0.15) is 35.2 Å². The Morgan fingerprint density at radius 3 is 2.21 bits per heavy atom. The number of halogens is 2. The fourth-order valence-electron chi connectivity index (χ4n) is 3.95. The standard InChI is InChI=1S/C22H22BrFN2O2/c23-17-8-6-16(7-9-17)22(10-11-22)21(28)26-13-3-12-25(14-15-26)20(27)18-4-1-2-5-19(18)24/h1-2,4-9H,3,10-15H2. The maximum Gasteiger partial charge on any atom is 0.256 e. The van der Waals surface area contributed by atoms with Gasteiger partial charge in [0.1, 0.15) is 5.82 Å². The highest BCUT2D eigenvalue weighted by Gasteiger charge is 2.53. The molecule has 0 atom stereocenters. The van der Waals surface area contributed by atoms with Crippen LogP contribution in [0.15, 0.2) is 53.0 Å². The molecule has 146 valence electrons. The number of rotatable bonds is 3. The minimum atomic E-state index is -0.503. The van der Waals surface area contributed by atoms with Gasteiger partial charge >= 0.3 is 0 Å². The monoisotopic (exact) mass is 444 g/mol. The lowest BCUT2D eigenvalue weighted by molar-refractivity contribution is -0.133. The Hall–Kier alpha value is -2.21. The van der Waals surface area contributed by atoms with Gasteiger partial charge in [-0.1, -0.05) is 40.2 Å². The third kappa shape index (κ3) is 3.58. The van der Waals surface area contributed by atoms with E-state index >= 15 is 0 Å². The summed E-state index contributed by atoms with van der Waals surface area (Å²) in [6, 6.07) is 14.0. The number of amides is 2. The Morgan fingerprint density at radius 1 is 0.893 bits per heavy atom. The average molecular weight is 445 g/mol. The molecule has 6 heteroatoms. The molecule has 1 saturated carbocycles. The highest BCUT2D eigenvalue weighted by atomic mass is 79.9. The number of carbonyl (C=O) groups excluding carboxylic acids is 2. The molecule has 4 rings (SSSR count). The normalized spacial score (nSPS) is 18.5. The predicted octanol–water partition coefficient (Wildman–Crippen LogP) is 3.99. The van der Waals surface area contributed by atoms with E-state index in [1.807, 2.05) is 29.2 Å². The zero-order chi connectivity index (χ0) is 19.7. The molecule has 2 aromatic rings. The largest absolute Gasteiger partial charge is 0.340 e. The summed E-state index contributed by atoms with van der Waals surface area (Å²) in [7, 11) is 0. The van der Waals surface area contributed by atoms with Gasteiger partial charge in [0, 0.05) is 30.7 Å². The first-order valence-electron chi connectivity index (χ1n) is 9.60. The molecule has 4 nitrogen and oxygen atoms in total. The van der Waals surface area contributed by atoms with Gasteiger partial charge in [-0.15, -0.1) is 0 Å². The molecule has 28 heavy (non-hydrogen) atoms. The smallest absolute Gasteiger partial charge is 0.256 e. The SMILES string of the molecule is O=C(c1ccccc1F)N1CCCN(C(=O)C2(c3ccc(Br)cc3)CC2)CC1. The molecule has 2 aliphatic rings. The minimum Gasteiger partial charge on any atom is -0.340 e. The van der Waals surface area contributed by atoms with E-state index in [-0.39, 0.29) is 17.4 Å². The van der Waals surface area contributed by atoms with Crippen LogP contribution in [-0.2, 0) is 10.2 Å². The van der Waals surface area contributed by atoms with Crippen molar-refractivity contribution < 1.29 is 14.0 Å². The van der Waals surface area contributed by atoms with E-state index in [2.05, 4.69) is 15.9 Å². The predicted molar refractivity (Wildman–Crippen MR) is 109 cm³/mol. The van der Waals surface area contributed by atoms with E-state index in [0.29, 0.717) is 32.6 Å². The quantitative estimate of drug-likeness (QED) is 0.717. The molecule has 1 aliphatic carbocycles. The van der Waals surface area contributed by atoms with Crippen molar-refractivity contribution in [3.05, 3.63) is 69.9 Å². The van der Waals surface area contributed by atoms with E-state index < -0.39 is 11.2 Å². The zero-order valence-corrected chi connectivity index (χ0v) is 17.1. The summed E-state index contributed by atoms with van der Waals surface area (Å²) in [6.45, 7) is 2.06. The van der Waals surface area contributed by atoms with Crippen molar-refractivity contribution in [3.63, 3.8) is 0 Å². The molecule has 0 N–H and O–H groups in total. The van der Waals surface area contributed by atoms with Crippen molar-refractivity contribution in [3.8, 4) is 0 Å². The average Bonchev–Trinajstić information content (AvgIpc) is 3.52. The number of carbonyl (C=O) groups is 2. The summed E-state index contributed by atoms with van der Waals surface area (Å²) in [6.07, 6.45) is 2.42. The summed E-state index contributed by atoms with van der Waals surface area (Å²) in [5.74, 6) is -0.659. The third-order valence-electron chi connectivity index (χ3n) is 5.73. The van der Waals surface area contributed by atoms with Gasteiger partial charge in [0.2, 0.25) is 5.91 Å². The number of hydrogen-bond acceptors (Lipinski definition) is 2. The van der Waals surface area contributed by atoms with Gasteiger partial charge < -0.3 is 9.80 Å². The lowest BCUT2D eigenvalue weighted by Crippen LogP contribution is -2.42. The second-order valence-electron chi connectivity index (χ2n) is 7.51. The summed E-state index contributed by atoms with van der Waals surface area (Å²) in [5.41, 5.74) is 0.742. The highest BCUT2D eigenvalue weighted by molar-refractivity contribution is 9.10. The summed E-state index contributed by atoms with van der Waals surface area (Å²) < 4.78 is 15.0. The van der Waals surface area contributed by atoms with E-state index in [4.69, 9.17) is 0 Å². The van der Waals surface area contributed by atoms with E-state index in [1.165, 1.54) is 12.1 Å². The summed E-state index contributed by atoms with van der Waals surface area (Å²) >= 11 is 3.44. The Morgan fingerprint density at radius 2 is 1.54 bits per heavy atom. The van der Waals surface area contributed by atoms with Crippen molar-refractivity contribution in [2.45, 2.75) is 24.7 Å². The molecule has 0 bridgehead atoms. The van der Waals surface area contributed by atoms with Crippen LogP contribution in [0.3, 0.4) is 0 Å². The van der Waals surface area contributed by atoms with Crippen LogP contribution in [0.4, 0.5) is 4.39 Å². The Bertz CT molecular complexity index is 896. The molecule has 1 heterocycles. The number of nitrogens with zero attached hydrogens (tertiary/aromatic N) is 2. The molecule has 1 saturated heterocycles. The molecule has 2 fully saturated rings. The molecule has 2 amide bonds. The van der Waals surface area contributed by atoms with Crippen molar-refractivity contribution in [2.75, 3.05) is 26.2 Å². The first-order valence-corrected chi connectivity index (χ1v) is 10.4. The fourth-order valence-corrected chi connectivity index (χ4v) is 4.22. The Kier molecular flexibility index (Phi) is 5.23. The second kappa shape index (κ2) is 7.66. The van der Waals surface area contributed by atoms with Gasteiger partial charge in [-0.25, -0.2) is 4.39 Å². The van der Waals surface area contributed by atoms with Crippen LogP contribution in [0.25, 0.3) is 0 Å². The summed E-state index contributed by atoms with van der Waals surface area (Å²) in [4.78, 5) is 29.5. The first-order chi connectivity index (χ1) is 13.5. The molecule has 2 aromatic carbocycles. The molecule has 0 radical (unpaired) electrons. The first kappa shape index (κ1) is 19.1. The minimum absolute atomic E-state index is 0.0933. The molecule has 0 unspecified atom stereocenters. The lowest BCUT2D eigenvalue weighted by atomic mass is 9.94. The van der Waals surface area contributed by atoms with Crippen molar-refractivity contribution >= 4 is 27.7 Å². The second-order valence-corrected chi connectivity index (χ2v) is 8.42. The zero-order valence-electron chi connectivity index (χ0n) is 15.5. The third-order valence-corrected chi connectivity index (χ3v) is 6.26. The van der Waals surface area contributed by atoms with Gasteiger partial charge in [0.05, 0.1) is 11.0 Å². The van der Waals surface area contributed by atoms with Gasteiger partial charge in [0.25, 0.3) is 5.91 Å². The van der Waals surface area contributed by atoms with Crippen molar-refractivity contribution in [1.82, 2.24) is 9.80 Å². The lowest BCUT2D eigenvalue weighted by Gasteiger charge is -2.27. The topological polar surface area (TPSA) is 40.6 Å². The van der Waals surface area contributed by atoms with Gasteiger partial charge in [-0.2, -0.15) is 0 Å². The molecular formula is C22H22BrFN2O2. The summed E-state index contributed by atoms with van der Waals surface area (Å²) in [5, 5.41) is 0. The number of benzene rings is 2. The van der Waals surface area contributed by atoms with Crippen LogP contribution >= 0.6 is 15.9 Å². The highest BCUT2D eigenvalue weighted by Crippen LogP contribution is 2.49. The molecule has 0 aromatic heterocycles. The molecular weight excluding hydrogens is 423 g/mol. The van der Waals surface area contributed by atoms with E-state index in [9.17, 15) is 14.0 Å². The van der Waals surface area contributed by atoms with Gasteiger partial charge in [-0.05, 0) is 49.1 Å². The molecule has 0 spiro atoms. The van der Waals surface area contributed by atoms with Crippen molar-refractivity contribution in [2.24, 2.45) is 0 Å². The van der Waals surface area contributed by atoms with E-state index in [1.54, 1.807) is 17.0 Å². The van der Waals surface area contributed by atoms with E-state index in [0.717, 1.165) is 22.9 Å². The number of hydrogen-bond donors (Lipinski definition) is 0. The van der Waals surface area contributed by atoms with Crippen LogP contribution in [0.2, 0.25) is 0 Å². The fraction of sp³-hybridized carbons (Fsp3) is 0.364. The van der Waals surface area contributed by atoms with Crippen LogP contribution in [0, 0.1) is 5.82 Å². The maximum atomic E-state index is 14.0.